The molecule has 6 heteroatoms. The quantitative estimate of drug-likeness (QED) is 0.918. The predicted octanol–water partition coefficient (Wildman–Crippen LogP) is 1.62. The van der Waals surface area contributed by atoms with Crippen LogP contribution in [0.5, 0.6) is 0 Å². The Balaban J connectivity index is 1.60. The molecule has 22 heavy (non-hydrogen) atoms. The number of anilines is 1. The van der Waals surface area contributed by atoms with Crippen molar-refractivity contribution in [2.75, 3.05) is 31.1 Å². The molecule has 3 rings (SSSR count). The minimum atomic E-state index is -0.942. The fourth-order valence-electron chi connectivity index (χ4n) is 3.28. The maximum absolute atomic E-state index is 12.4. The molecule has 118 valence electrons. The van der Waals surface area contributed by atoms with Gasteiger partial charge in [0.2, 0.25) is 5.91 Å². The van der Waals surface area contributed by atoms with E-state index in [1.807, 2.05) is 4.90 Å². The summed E-state index contributed by atoms with van der Waals surface area (Å²) in [5.74, 6) is 0.149. The molecule has 2 saturated heterocycles. The third kappa shape index (κ3) is 3.05. The molecule has 3 heterocycles. The number of carbonyl (C=O) groups is 2. The van der Waals surface area contributed by atoms with E-state index < -0.39 is 5.97 Å². The third-order valence-electron chi connectivity index (χ3n) is 4.58. The molecule has 0 aromatic carbocycles. The SMILES string of the molecule is O=C(O)c1ccnc(N2CCC(C(=O)N3CCCC3)CC2)c1. The van der Waals surface area contributed by atoms with Crippen LogP contribution < -0.4 is 4.90 Å². The number of rotatable bonds is 3. The Morgan fingerprint density at radius 3 is 2.45 bits per heavy atom. The Labute approximate surface area is 129 Å². The largest absolute Gasteiger partial charge is 0.478 e. The van der Waals surface area contributed by atoms with Crippen LogP contribution in [0.3, 0.4) is 0 Å². The molecule has 1 aromatic rings. The van der Waals surface area contributed by atoms with E-state index in [9.17, 15) is 9.59 Å². The average molecular weight is 303 g/mol. The monoisotopic (exact) mass is 303 g/mol. The molecule has 1 N–H and O–H groups in total. The second-order valence-corrected chi connectivity index (χ2v) is 6.00. The topological polar surface area (TPSA) is 73.7 Å². The number of amides is 1. The number of carbonyl (C=O) groups excluding carboxylic acids is 1. The van der Waals surface area contributed by atoms with Crippen molar-refractivity contribution < 1.29 is 14.7 Å². The lowest BCUT2D eigenvalue weighted by molar-refractivity contribution is -0.135. The molecule has 0 bridgehead atoms. The fourth-order valence-corrected chi connectivity index (χ4v) is 3.28. The highest BCUT2D eigenvalue weighted by Crippen LogP contribution is 2.25. The van der Waals surface area contributed by atoms with Crippen molar-refractivity contribution in [1.82, 2.24) is 9.88 Å². The zero-order valence-corrected chi connectivity index (χ0v) is 12.6. The molecular weight excluding hydrogens is 282 g/mol. The van der Waals surface area contributed by atoms with Gasteiger partial charge >= 0.3 is 5.97 Å². The lowest BCUT2D eigenvalue weighted by Gasteiger charge is -2.33. The predicted molar refractivity (Wildman–Crippen MR) is 81.9 cm³/mol. The van der Waals surface area contributed by atoms with E-state index in [0.29, 0.717) is 11.7 Å². The first-order chi connectivity index (χ1) is 10.6. The molecule has 0 radical (unpaired) electrons. The van der Waals surface area contributed by atoms with Gasteiger partial charge in [0, 0.05) is 38.3 Å². The molecule has 1 amide bonds. The Kier molecular flexibility index (Phi) is 4.27. The molecule has 0 unspecified atom stereocenters. The van der Waals surface area contributed by atoms with Gasteiger partial charge in [-0.05, 0) is 37.8 Å². The van der Waals surface area contributed by atoms with Gasteiger partial charge in [0.1, 0.15) is 5.82 Å². The molecule has 0 spiro atoms. The first-order valence-electron chi connectivity index (χ1n) is 7.88. The van der Waals surface area contributed by atoms with E-state index in [2.05, 4.69) is 9.88 Å². The van der Waals surface area contributed by atoms with Crippen LogP contribution in [-0.2, 0) is 4.79 Å². The Morgan fingerprint density at radius 2 is 1.82 bits per heavy atom. The van der Waals surface area contributed by atoms with E-state index in [1.54, 1.807) is 6.07 Å². The van der Waals surface area contributed by atoms with Gasteiger partial charge in [-0.2, -0.15) is 0 Å². The summed E-state index contributed by atoms with van der Waals surface area (Å²) >= 11 is 0. The zero-order chi connectivity index (χ0) is 15.5. The Hall–Kier alpha value is -2.11. The highest BCUT2D eigenvalue weighted by molar-refractivity contribution is 5.88. The standard InChI is InChI=1S/C16H21N3O3/c20-15(19-7-1-2-8-19)12-4-9-18(10-5-12)14-11-13(16(21)22)3-6-17-14/h3,6,11-12H,1-2,4-5,7-10H2,(H,21,22). The van der Waals surface area contributed by atoms with Gasteiger partial charge in [-0.1, -0.05) is 0 Å². The van der Waals surface area contributed by atoms with Crippen LogP contribution in [0.25, 0.3) is 0 Å². The number of carboxylic acid groups (broad SMARTS) is 1. The highest BCUT2D eigenvalue weighted by Gasteiger charge is 2.30. The van der Waals surface area contributed by atoms with Crippen molar-refractivity contribution in [2.45, 2.75) is 25.7 Å². The summed E-state index contributed by atoms with van der Waals surface area (Å²) in [5.41, 5.74) is 0.250. The van der Waals surface area contributed by atoms with Gasteiger partial charge in [-0.25, -0.2) is 9.78 Å². The number of carboxylic acids is 1. The van der Waals surface area contributed by atoms with Gasteiger partial charge in [0.25, 0.3) is 0 Å². The smallest absolute Gasteiger partial charge is 0.335 e. The van der Waals surface area contributed by atoms with E-state index in [4.69, 9.17) is 5.11 Å². The van der Waals surface area contributed by atoms with Gasteiger partial charge in [-0.3, -0.25) is 4.79 Å². The number of piperidine rings is 1. The van der Waals surface area contributed by atoms with E-state index in [1.165, 1.54) is 12.3 Å². The first kappa shape index (κ1) is 14.8. The summed E-state index contributed by atoms with van der Waals surface area (Å²) in [4.78, 5) is 31.7. The molecule has 1 aromatic heterocycles. The number of nitrogens with zero attached hydrogens (tertiary/aromatic N) is 3. The average Bonchev–Trinajstić information content (AvgIpc) is 3.09. The summed E-state index contributed by atoms with van der Waals surface area (Å²) in [6.45, 7) is 3.31. The van der Waals surface area contributed by atoms with Crippen LogP contribution in [0.1, 0.15) is 36.0 Å². The number of likely N-dealkylation sites (tertiary alicyclic amines) is 1. The third-order valence-corrected chi connectivity index (χ3v) is 4.58. The van der Waals surface area contributed by atoms with Crippen molar-refractivity contribution >= 4 is 17.7 Å². The number of hydrogen-bond donors (Lipinski definition) is 1. The number of pyridine rings is 1. The molecule has 6 nitrogen and oxygen atoms in total. The molecular formula is C16H21N3O3. The van der Waals surface area contributed by atoms with Crippen molar-refractivity contribution in [3.63, 3.8) is 0 Å². The maximum Gasteiger partial charge on any atom is 0.335 e. The maximum atomic E-state index is 12.4. The second kappa shape index (κ2) is 6.34. The van der Waals surface area contributed by atoms with Crippen molar-refractivity contribution in [1.29, 1.82) is 0 Å². The van der Waals surface area contributed by atoms with Gasteiger partial charge in [-0.15, -0.1) is 0 Å². The van der Waals surface area contributed by atoms with E-state index >= 15 is 0 Å². The number of aromatic nitrogens is 1. The number of hydrogen-bond acceptors (Lipinski definition) is 4. The summed E-state index contributed by atoms with van der Waals surface area (Å²) in [5, 5.41) is 9.05. The molecule has 0 aliphatic carbocycles. The van der Waals surface area contributed by atoms with Gasteiger partial charge in [0.05, 0.1) is 5.56 Å². The molecule has 2 aliphatic heterocycles. The van der Waals surface area contributed by atoms with Gasteiger partial charge < -0.3 is 14.9 Å². The van der Waals surface area contributed by atoms with Crippen LogP contribution in [0.4, 0.5) is 5.82 Å². The van der Waals surface area contributed by atoms with Crippen molar-refractivity contribution in [2.24, 2.45) is 5.92 Å². The Morgan fingerprint density at radius 1 is 1.14 bits per heavy atom. The lowest BCUT2D eigenvalue weighted by Crippen LogP contribution is -2.42. The van der Waals surface area contributed by atoms with E-state index in [0.717, 1.165) is 51.9 Å². The van der Waals surface area contributed by atoms with Crippen LogP contribution in [-0.4, -0.2) is 53.0 Å². The van der Waals surface area contributed by atoms with Crippen LogP contribution in [0.2, 0.25) is 0 Å². The summed E-state index contributed by atoms with van der Waals surface area (Å²) in [7, 11) is 0. The van der Waals surface area contributed by atoms with Crippen LogP contribution in [0.15, 0.2) is 18.3 Å². The van der Waals surface area contributed by atoms with Crippen molar-refractivity contribution in [3.8, 4) is 0 Å². The Bertz CT molecular complexity index is 562. The zero-order valence-electron chi connectivity index (χ0n) is 12.6. The number of aromatic carboxylic acids is 1. The molecule has 2 aliphatic rings. The molecule has 0 atom stereocenters. The van der Waals surface area contributed by atoms with Crippen LogP contribution >= 0.6 is 0 Å². The lowest BCUT2D eigenvalue weighted by atomic mass is 9.95. The summed E-state index contributed by atoms with van der Waals surface area (Å²) < 4.78 is 0. The minimum absolute atomic E-state index is 0.108. The minimum Gasteiger partial charge on any atom is -0.478 e. The highest BCUT2D eigenvalue weighted by atomic mass is 16.4. The first-order valence-corrected chi connectivity index (χ1v) is 7.88. The summed E-state index contributed by atoms with van der Waals surface area (Å²) in [6, 6.07) is 3.10. The van der Waals surface area contributed by atoms with Crippen LogP contribution in [0, 0.1) is 5.92 Å². The fraction of sp³-hybridized carbons (Fsp3) is 0.562. The van der Waals surface area contributed by atoms with E-state index in [-0.39, 0.29) is 11.5 Å². The second-order valence-electron chi connectivity index (χ2n) is 6.00. The molecule has 2 fully saturated rings. The van der Waals surface area contributed by atoms with Gasteiger partial charge in [0.15, 0.2) is 0 Å². The summed E-state index contributed by atoms with van der Waals surface area (Å²) in [6.07, 6.45) is 5.40. The normalized spacial score (nSPS) is 19.5. The van der Waals surface area contributed by atoms with Crippen molar-refractivity contribution in [3.05, 3.63) is 23.9 Å². The molecule has 0 saturated carbocycles.